The van der Waals surface area contributed by atoms with E-state index < -0.39 is 0 Å². The van der Waals surface area contributed by atoms with E-state index in [-0.39, 0.29) is 23.0 Å². The molecule has 1 saturated heterocycles. The summed E-state index contributed by atoms with van der Waals surface area (Å²) < 4.78 is 13.3. The topological polar surface area (TPSA) is 49.4 Å². The molecule has 30 heavy (non-hydrogen) atoms. The third-order valence-electron chi connectivity index (χ3n) is 4.84. The lowest BCUT2D eigenvalue weighted by Crippen LogP contribution is -2.28. The monoisotopic (exact) mass is 440 g/mol. The molecule has 0 aromatic heterocycles. The highest BCUT2D eigenvalue weighted by Gasteiger charge is 2.34. The number of halogens is 2. The average Bonchev–Trinajstić information content (AvgIpc) is 3.11. The molecular weight excluding hydrogens is 423 g/mol. The fraction of sp³-hybridized carbons (Fsp3) is 0.130. The SMILES string of the molecule is Cc1cc(C(=O)Nc2ccc(Cl)cc2)ccc1N1C(=O)CSC1c1ccc(F)cc1. The molecule has 0 radical (unpaired) electrons. The van der Waals surface area contributed by atoms with Crippen molar-refractivity contribution in [3.63, 3.8) is 0 Å². The van der Waals surface area contributed by atoms with Crippen molar-refractivity contribution in [2.24, 2.45) is 0 Å². The van der Waals surface area contributed by atoms with Crippen LogP contribution in [0.2, 0.25) is 5.02 Å². The summed E-state index contributed by atoms with van der Waals surface area (Å²) in [5.74, 6) is -0.230. The minimum absolute atomic E-state index is 0.0178. The summed E-state index contributed by atoms with van der Waals surface area (Å²) in [6, 6.07) is 18.3. The van der Waals surface area contributed by atoms with Gasteiger partial charge in [-0.1, -0.05) is 23.7 Å². The molecule has 0 aliphatic carbocycles. The van der Waals surface area contributed by atoms with Crippen LogP contribution in [-0.4, -0.2) is 17.6 Å². The summed E-state index contributed by atoms with van der Waals surface area (Å²) in [5, 5.41) is 3.20. The maximum absolute atomic E-state index is 13.3. The Labute approximate surface area is 183 Å². The van der Waals surface area contributed by atoms with Crippen LogP contribution in [0, 0.1) is 12.7 Å². The summed E-state index contributed by atoms with van der Waals surface area (Å²) in [6.45, 7) is 1.87. The number of nitrogens with zero attached hydrogens (tertiary/aromatic N) is 1. The van der Waals surface area contributed by atoms with Crippen LogP contribution in [-0.2, 0) is 4.79 Å². The number of nitrogens with one attached hydrogen (secondary N) is 1. The minimum Gasteiger partial charge on any atom is -0.322 e. The van der Waals surface area contributed by atoms with E-state index in [4.69, 9.17) is 11.6 Å². The zero-order valence-electron chi connectivity index (χ0n) is 16.1. The van der Waals surface area contributed by atoms with Gasteiger partial charge in [0.1, 0.15) is 11.2 Å². The Morgan fingerprint density at radius 2 is 1.80 bits per heavy atom. The Balaban J connectivity index is 1.58. The van der Waals surface area contributed by atoms with Gasteiger partial charge >= 0.3 is 0 Å². The van der Waals surface area contributed by atoms with E-state index in [1.165, 1.54) is 23.9 Å². The largest absolute Gasteiger partial charge is 0.322 e. The smallest absolute Gasteiger partial charge is 0.255 e. The second-order valence-electron chi connectivity index (χ2n) is 6.94. The van der Waals surface area contributed by atoms with Crippen molar-refractivity contribution in [1.29, 1.82) is 0 Å². The number of benzene rings is 3. The van der Waals surface area contributed by atoms with Gasteiger partial charge in [0.2, 0.25) is 5.91 Å². The van der Waals surface area contributed by atoms with Gasteiger partial charge in [-0.15, -0.1) is 11.8 Å². The van der Waals surface area contributed by atoms with E-state index in [9.17, 15) is 14.0 Å². The molecule has 1 fully saturated rings. The Hall–Kier alpha value is -2.83. The fourth-order valence-electron chi connectivity index (χ4n) is 3.36. The second-order valence-corrected chi connectivity index (χ2v) is 8.45. The number of carbonyl (C=O) groups excluding carboxylic acids is 2. The van der Waals surface area contributed by atoms with Gasteiger partial charge in [0.25, 0.3) is 5.91 Å². The van der Waals surface area contributed by atoms with Crippen LogP contribution in [0.15, 0.2) is 66.7 Å². The lowest BCUT2D eigenvalue weighted by atomic mass is 10.1. The van der Waals surface area contributed by atoms with Gasteiger partial charge < -0.3 is 5.32 Å². The van der Waals surface area contributed by atoms with Crippen LogP contribution < -0.4 is 10.2 Å². The number of amides is 2. The molecule has 1 heterocycles. The Bertz CT molecular complexity index is 1100. The lowest BCUT2D eigenvalue weighted by molar-refractivity contribution is -0.115. The molecule has 0 bridgehead atoms. The van der Waals surface area contributed by atoms with Crippen molar-refractivity contribution < 1.29 is 14.0 Å². The van der Waals surface area contributed by atoms with E-state index in [1.807, 2.05) is 6.92 Å². The maximum Gasteiger partial charge on any atom is 0.255 e. The van der Waals surface area contributed by atoms with Gasteiger partial charge in [0.05, 0.1) is 5.75 Å². The predicted octanol–water partition coefficient (Wildman–Crippen LogP) is 5.82. The summed E-state index contributed by atoms with van der Waals surface area (Å²) in [4.78, 5) is 26.9. The Morgan fingerprint density at radius 1 is 1.10 bits per heavy atom. The van der Waals surface area contributed by atoms with Gasteiger partial charge in [-0.2, -0.15) is 0 Å². The average molecular weight is 441 g/mol. The van der Waals surface area contributed by atoms with Gasteiger partial charge in [-0.3, -0.25) is 14.5 Å². The zero-order valence-corrected chi connectivity index (χ0v) is 17.6. The van der Waals surface area contributed by atoms with Gasteiger partial charge in [-0.05, 0) is 72.6 Å². The molecule has 0 spiro atoms. The molecule has 1 aliphatic heterocycles. The highest BCUT2D eigenvalue weighted by molar-refractivity contribution is 8.00. The Kier molecular flexibility index (Phi) is 5.79. The highest BCUT2D eigenvalue weighted by Crippen LogP contribution is 2.42. The van der Waals surface area contributed by atoms with Gasteiger partial charge in [0, 0.05) is 22.0 Å². The van der Waals surface area contributed by atoms with Crippen LogP contribution in [0.25, 0.3) is 0 Å². The quantitative estimate of drug-likeness (QED) is 0.556. The van der Waals surface area contributed by atoms with E-state index in [0.717, 1.165) is 16.8 Å². The number of carbonyl (C=O) groups is 2. The van der Waals surface area contributed by atoms with Crippen molar-refractivity contribution in [1.82, 2.24) is 0 Å². The van der Waals surface area contributed by atoms with Crippen LogP contribution in [0.3, 0.4) is 0 Å². The number of hydrogen-bond donors (Lipinski definition) is 1. The molecule has 1 aliphatic rings. The van der Waals surface area contributed by atoms with Crippen molar-refractivity contribution in [2.45, 2.75) is 12.3 Å². The molecule has 1 N–H and O–H groups in total. The zero-order chi connectivity index (χ0) is 21.3. The normalized spacial score (nSPS) is 16.0. The first-order chi connectivity index (χ1) is 14.4. The van der Waals surface area contributed by atoms with Crippen LogP contribution >= 0.6 is 23.4 Å². The number of aryl methyl sites for hydroxylation is 1. The third-order valence-corrected chi connectivity index (χ3v) is 6.31. The van der Waals surface area contributed by atoms with E-state index >= 15 is 0 Å². The molecule has 4 nitrogen and oxygen atoms in total. The van der Waals surface area contributed by atoms with Crippen molar-refractivity contribution in [3.8, 4) is 0 Å². The van der Waals surface area contributed by atoms with Crippen LogP contribution in [0.1, 0.15) is 26.9 Å². The standard InChI is InChI=1S/C23H18ClFN2O2S/c1-14-12-16(22(29)26-19-9-5-17(24)6-10-19)4-11-20(14)27-21(28)13-30-23(27)15-2-7-18(25)8-3-15/h2-12,23H,13H2,1H3,(H,26,29). The summed E-state index contributed by atoms with van der Waals surface area (Å²) in [5.41, 5.74) is 3.54. The molecule has 152 valence electrons. The fourth-order valence-corrected chi connectivity index (χ4v) is 4.66. The molecule has 1 atom stereocenters. The molecular formula is C23H18ClFN2O2S. The lowest BCUT2D eigenvalue weighted by Gasteiger charge is -2.26. The first-order valence-corrected chi connectivity index (χ1v) is 10.7. The molecule has 4 rings (SSSR count). The van der Waals surface area contributed by atoms with E-state index in [0.29, 0.717) is 22.0 Å². The summed E-state index contributed by atoms with van der Waals surface area (Å²) in [7, 11) is 0. The number of thioether (sulfide) groups is 1. The summed E-state index contributed by atoms with van der Waals surface area (Å²) in [6.07, 6.45) is 0. The van der Waals surface area contributed by atoms with Crippen LogP contribution in [0.5, 0.6) is 0 Å². The van der Waals surface area contributed by atoms with Crippen molar-refractivity contribution >= 4 is 46.6 Å². The number of hydrogen-bond acceptors (Lipinski definition) is 3. The van der Waals surface area contributed by atoms with Crippen LogP contribution in [0.4, 0.5) is 15.8 Å². The minimum atomic E-state index is -0.313. The van der Waals surface area contributed by atoms with E-state index in [2.05, 4.69) is 5.32 Å². The third kappa shape index (κ3) is 4.20. The predicted molar refractivity (Wildman–Crippen MR) is 120 cm³/mol. The van der Waals surface area contributed by atoms with Crippen molar-refractivity contribution in [3.05, 3.63) is 94.3 Å². The summed E-state index contributed by atoms with van der Waals surface area (Å²) >= 11 is 7.37. The Morgan fingerprint density at radius 3 is 2.47 bits per heavy atom. The molecule has 2 amide bonds. The molecule has 3 aromatic rings. The second kappa shape index (κ2) is 8.50. The number of anilines is 2. The molecule has 0 saturated carbocycles. The first-order valence-electron chi connectivity index (χ1n) is 9.29. The maximum atomic E-state index is 13.3. The highest BCUT2D eigenvalue weighted by atomic mass is 35.5. The van der Waals surface area contributed by atoms with Gasteiger partial charge in [0.15, 0.2) is 0 Å². The molecule has 3 aromatic carbocycles. The first kappa shape index (κ1) is 20.4. The number of rotatable bonds is 4. The van der Waals surface area contributed by atoms with E-state index in [1.54, 1.807) is 59.5 Å². The van der Waals surface area contributed by atoms with Crippen molar-refractivity contribution in [2.75, 3.05) is 16.0 Å². The van der Waals surface area contributed by atoms with Gasteiger partial charge in [-0.25, -0.2) is 4.39 Å². The molecule has 7 heteroatoms. The molecule has 1 unspecified atom stereocenters.